The quantitative estimate of drug-likeness (QED) is 0.135. The summed E-state index contributed by atoms with van der Waals surface area (Å²) in [6.45, 7) is 3.22. The number of alkyl halides is 3. The number of hydrogen-bond acceptors (Lipinski definition) is 5. The minimum atomic E-state index is -4.44. The molecule has 2 amide bonds. The maximum atomic E-state index is 13.3. The van der Waals surface area contributed by atoms with Crippen molar-refractivity contribution >= 4 is 28.5 Å². The molecule has 0 spiro atoms. The molecule has 10 heteroatoms. The fourth-order valence-electron chi connectivity index (χ4n) is 5.46. The second kappa shape index (κ2) is 15.0. The van der Waals surface area contributed by atoms with Gasteiger partial charge in [0, 0.05) is 30.2 Å². The largest absolute Gasteiger partial charge is 0.416 e. The van der Waals surface area contributed by atoms with Crippen LogP contribution in [0.5, 0.6) is 0 Å². The van der Waals surface area contributed by atoms with E-state index in [0.717, 1.165) is 42.3 Å². The van der Waals surface area contributed by atoms with Crippen molar-refractivity contribution < 1.29 is 22.8 Å². The fraction of sp³-hybridized carbons (Fsp3) is 0.243. The minimum Gasteiger partial charge on any atom is -0.354 e. The molecule has 2 aromatic heterocycles. The lowest BCUT2D eigenvalue weighted by Crippen LogP contribution is -2.39. The summed E-state index contributed by atoms with van der Waals surface area (Å²) in [5, 5.41) is 6.74. The Labute approximate surface area is 271 Å². The molecule has 2 heterocycles. The molecule has 47 heavy (non-hydrogen) atoms. The van der Waals surface area contributed by atoms with Gasteiger partial charge in [-0.2, -0.15) is 13.2 Å². The van der Waals surface area contributed by atoms with Crippen molar-refractivity contribution in [2.75, 3.05) is 18.9 Å². The van der Waals surface area contributed by atoms with Gasteiger partial charge in [-0.05, 0) is 84.8 Å². The van der Waals surface area contributed by atoms with Crippen LogP contribution in [0, 0.1) is 0 Å². The number of likely N-dealkylation sites (N-methyl/N-ethyl adjacent to an activating group) is 1. The van der Waals surface area contributed by atoms with E-state index in [9.17, 15) is 22.8 Å². The van der Waals surface area contributed by atoms with Crippen LogP contribution in [0.1, 0.15) is 59.4 Å². The number of halogens is 3. The first-order chi connectivity index (χ1) is 22.6. The number of pyridine rings is 2. The summed E-state index contributed by atoms with van der Waals surface area (Å²) in [7, 11) is 1.90. The Balaban J connectivity index is 1.30. The molecule has 0 aliphatic rings. The van der Waals surface area contributed by atoms with E-state index in [0.29, 0.717) is 46.8 Å². The number of nitrogens with zero attached hydrogens (tertiary/aromatic N) is 3. The molecule has 3 aromatic carbocycles. The normalized spacial score (nSPS) is 12.2. The molecule has 0 radical (unpaired) electrons. The predicted octanol–water partition coefficient (Wildman–Crippen LogP) is 8.05. The van der Waals surface area contributed by atoms with Crippen molar-refractivity contribution in [1.29, 1.82) is 0 Å². The number of rotatable bonds is 12. The maximum absolute atomic E-state index is 13.3. The summed E-state index contributed by atoms with van der Waals surface area (Å²) < 4.78 is 39.2. The van der Waals surface area contributed by atoms with Crippen LogP contribution >= 0.6 is 0 Å². The highest BCUT2D eigenvalue weighted by atomic mass is 19.4. The van der Waals surface area contributed by atoms with E-state index in [2.05, 4.69) is 27.5 Å². The molecule has 5 aromatic rings. The number of amides is 2. The third kappa shape index (κ3) is 8.39. The monoisotopic (exact) mass is 639 g/mol. The van der Waals surface area contributed by atoms with Crippen LogP contribution in [0.25, 0.3) is 22.0 Å². The minimum absolute atomic E-state index is 0.0926. The second-order valence-electron chi connectivity index (χ2n) is 11.4. The van der Waals surface area contributed by atoms with E-state index in [1.54, 1.807) is 36.5 Å². The van der Waals surface area contributed by atoms with Crippen molar-refractivity contribution in [2.24, 2.45) is 0 Å². The molecule has 1 atom stereocenters. The second-order valence-corrected chi connectivity index (χ2v) is 11.4. The molecule has 0 unspecified atom stereocenters. The van der Waals surface area contributed by atoms with Crippen molar-refractivity contribution in [1.82, 2.24) is 20.2 Å². The van der Waals surface area contributed by atoms with Crippen LogP contribution in [0.4, 0.5) is 19.0 Å². The molecule has 242 valence electrons. The molecule has 0 saturated heterocycles. The van der Waals surface area contributed by atoms with Crippen LogP contribution in [-0.2, 0) is 17.5 Å². The van der Waals surface area contributed by atoms with Crippen molar-refractivity contribution in [3.8, 4) is 11.1 Å². The molecule has 5 rings (SSSR count). The van der Waals surface area contributed by atoms with E-state index < -0.39 is 23.7 Å². The van der Waals surface area contributed by atoms with Crippen molar-refractivity contribution in [2.45, 2.75) is 44.9 Å². The third-order valence-electron chi connectivity index (χ3n) is 7.86. The summed E-state index contributed by atoms with van der Waals surface area (Å²) in [4.78, 5) is 37.6. The van der Waals surface area contributed by atoms with Crippen LogP contribution in [0.2, 0.25) is 0 Å². The van der Waals surface area contributed by atoms with E-state index >= 15 is 0 Å². The molecule has 0 saturated carbocycles. The Bertz CT molecular complexity index is 1830. The number of fused-ring (bicyclic) bond motifs is 1. The van der Waals surface area contributed by atoms with E-state index in [1.807, 2.05) is 54.4 Å². The highest BCUT2D eigenvalue weighted by molar-refractivity contribution is 6.08. The van der Waals surface area contributed by atoms with Gasteiger partial charge in [0.15, 0.2) is 0 Å². The molecule has 2 N–H and O–H groups in total. The lowest BCUT2D eigenvalue weighted by Gasteiger charge is -2.27. The molecular weight excluding hydrogens is 603 g/mol. The van der Waals surface area contributed by atoms with Gasteiger partial charge in [-0.15, -0.1) is 0 Å². The summed E-state index contributed by atoms with van der Waals surface area (Å²) in [6.07, 6.45) is 0.291. The lowest BCUT2D eigenvalue weighted by molar-refractivity contribution is -0.137. The summed E-state index contributed by atoms with van der Waals surface area (Å²) in [6, 6.07) is 25.8. The first kappa shape index (κ1) is 33.3. The zero-order valence-electron chi connectivity index (χ0n) is 26.2. The van der Waals surface area contributed by atoms with Gasteiger partial charge in [0.2, 0.25) is 5.91 Å². The maximum Gasteiger partial charge on any atom is 0.416 e. The molecule has 0 aliphatic heterocycles. The van der Waals surface area contributed by atoms with Gasteiger partial charge in [0.05, 0.1) is 16.8 Å². The zero-order valence-corrected chi connectivity index (χ0v) is 26.2. The number of benzene rings is 3. The SMILES string of the molecule is CCCCCNC(=O)[C@H](c1ccccn1)N(C)Cc1ccc2nc(NC(=O)c3ccccc3-c3ccc(C(F)(F)F)cc3)ccc2c1. The third-order valence-corrected chi connectivity index (χ3v) is 7.86. The average Bonchev–Trinajstić information content (AvgIpc) is 3.07. The summed E-state index contributed by atoms with van der Waals surface area (Å²) in [5.74, 6) is -0.186. The van der Waals surface area contributed by atoms with E-state index in [1.165, 1.54) is 12.1 Å². The Kier molecular flexibility index (Phi) is 10.6. The fourth-order valence-corrected chi connectivity index (χ4v) is 5.46. The van der Waals surface area contributed by atoms with Crippen molar-refractivity contribution in [3.63, 3.8) is 0 Å². The van der Waals surface area contributed by atoms with Crippen LogP contribution in [-0.4, -0.2) is 40.3 Å². The van der Waals surface area contributed by atoms with Gasteiger partial charge in [-0.25, -0.2) is 4.98 Å². The van der Waals surface area contributed by atoms with Crippen molar-refractivity contribution in [3.05, 3.63) is 126 Å². The van der Waals surface area contributed by atoms with Gasteiger partial charge in [0.1, 0.15) is 11.9 Å². The van der Waals surface area contributed by atoms with Gasteiger partial charge in [0.25, 0.3) is 5.91 Å². The summed E-state index contributed by atoms with van der Waals surface area (Å²) in [5.41, 5.74) is 2.87. The molecular formula is C37H36F3N5O2. The predicted molar refractivity (Wildman–Crippen MR) is 178 cm³/mol. The standard InChI is InChI=1S/C37H36F3N5O2/c1-3-4-8-22-42-36(47)34(32-12-7-9-21-41-32)45(2)24-25-13-19-31-27(23-25)16-20-33(43-31)44-35(46)30-11-6-5-10-29(30)26-14-17-28(18-15-26)37(38,39)40/h5-7,9-21,23,34H,3-4,8,22,24H2,1-2H3,(H,42,47)(H,43,44,46)/t34-/m0/s1. The number of carbonyl (C=O) groups excluding carboxylic acids is 2. The van der Waals surface area contributed by atoms with Crippen LogP contribution < -0.4 is 10.6 Å². The van der Waals surface area contributed by atoms with E-state index in [4.69, 9.17) is 0 Å². The van der Waals surface area contributed by atoms with Crippen LogP contribution in [0.3, 0.4) is 0 Å². The first-order valence-electron chi connectivity index (χ1n) is 15.5. The Morgan fingerprint density at radius 2 is 1.66 bits per heavy atom. The Morgan fingerprint density at radius 3 is 2.38 bits per heavy atom. The molecule has 0 aliphatic carbocycles. The number of aromatic nitrogens is 2. The smallest absolute Gasteiger partial charge is 0.354 e. The number of hydrogen-bond donors (Lipinski definition) is 2. The number of anilines is 1. The number of carbonyl (C=O) groups is 2. The molecule has 0 bridgehead atoms. The van der Waals surface area contributed by atoms with Gasteiger partial charge >= 0.3 is 6.18 Å². The Morgan fingerprint density at radius 1 is 0.894 bits per heavy atom. The highest BCUT2D eigenvalue weighted by Gasteiger charge is 2.30. The van der Waals surface area contributed by atoms with Gasteiger partial charge in [-0.3, -0.25) is 19.5 Å². The summed E-state index contributed by atoms with van der Waals surface area (Å²) >= 11 is 0. The Hall–Kier alpha value is -5.09. The number of unbranched alkanes of at least 4 members (excludes halogenated alkanes) is 2. The van der Waals surface area contributed by atoms with Gasteiger partial charge < -0.3 is 10.6 Å². The average molecular weight is 640 g/mol. The first-order valence-corrected chi connectivity index (χ1v) is 15.5. The van der Waals surface area contributed by atoms with Gasteiger partial charge in [-0.1, -0.05) is 62.2 Å². The van der Waals surface area contributed by atoms with E-state index in [-0.39, 0.29) is 5.91 Å². The topological polar surface area (TPSA) is 87.2 Å². The van der Waals surface area contributed by atoms with Crippen LogP contribution in [0.15, 0.2) is 103 Å². The highest BCUT2D eigenvalue weighted by Crippen LogP contribution is 2.32. The zero-order chi connectivity index (χ0) is 33.4. The molecule has 7 nitrogen and oxygen atoms in total. The lowest BCUT2D eigenvalue weighted by atomic mass is 9.98. The molecule has 0 fully saturated rings. The number of nitrogens with one attached hydrogen (secondary N) is 2.